The first-order valence-corrected chi connectivity index (χ1v) is 12.4. The Labute approximate surface area is 226 Å². The third kappa shape index (κ3) is 4.63. The fraction of sp³-hybridized carbons (Fsp3) is 0.310. The number of methoxy groups -OCH3 is 1. The van der Waals surface area contributed by atoms with Crippen LogP contribution in [0, 0.1) is 5.82 Å². The Balaban J connectivity index is 1.56. The second-order valence-electron chi connectivity index (χ2n) is 9.98. The van der Waals surface area contributed by atoms with Gasteiger partial charge in [-0.25, -0.2) is 9.37 Å². The van der Waals surface area contributed by atoms with Gasteiger partial charge in [-0.2, -0.15) is 13.2 Å². The second kappa shape index (κ2) is 9.99. The number of hydrogen-bond donors (Lipinski definition) is 3. The van der Waals surface area contributed by atoms with Gasteiger partial charge in [0, 0.05) is 28.7 Å². The van der Waals surface area contributed by atoms with E-state index in [1.165, 1.54) is 25.3 Å². The van der Waals surface area contributed by atoms with Crippen LogP contribution in [0.4, 0.5) is 17.6 Å². The first-order chi connectivity index (χ1) is 18.9. The first kappa shape index (κ1) is 27.8. The molecular weight excluding hydrogens is 532 g/mol. The van der Waals surface area contributed by atoms with E-state index in [0.29, 0.717) is 12.2 Å². The Hall–Kier alpha value is -3.80. The topological polar surface area (TPSA) is 115 Å². The van der Waals surface area contributed by atoms with Crippen LogP contribution in [-0.2, 0) is 17.6 Å². The van der Waals surface area contributed by atoms with E-state index in [9.17, 15) is 32.6 Å². The third-order valence-electron chi connectivity index (χ3n) is 7.39. The van der Waals surface area contributed by atoms with Crippen molar-refractivity contribution in [3.63, 3.8) is 0 Å². The van der Waals surface area contributed by atoms with Gasteiger partial charge in [-0.05, 0) is 60.9 Å². The predicted molar refractivity (Wildman–Crippen MR) is 137 cm³/mol. The fourth-order valence-corrected chi connectivity index (χ4v) is 5.01. The summed E-state index contributed by atoms with van der Waals surface area (Å²) in [5.74, 6) is -0.740. The van der Waals surface area contributed by atoms with Crippen LogP contribution in [0.3, 0.4) is 0 Å². The lowest BCUT2D eigenvalue weighted by Crippen LogP contribution is -2.45. The summed E-state index contributed by atoms with van der Waals surface area (Å²) in [5.41, 5.74) is 2.13. The van der Waals surface area contributed by atoms with Gasteiger partial charge < -0.3 is 25.4 Å². The molecule has 1 aromatic heterocycles. The average Bonchev–Trinajstić information content (AvgIpc) is 3.55. The lowest BCUT2D eigenvalue weighted by molar-refractivity contribution is -0.270. The van der Waals surface area contributed by atoms with Crippen LogP contribution in [0.25, 0.3) is 17.3 Å². The van der Waals surface area contributed by atoms with Crippen LogP contribution in [0.1, 0.15) is 45.6 Å². The Kier molecular flexibility index (Phi) is 6.93. The molecule has 2 heterocycles. The molecule has 1 aliphatic carbocycles. The van der Waals surface area contributed by atoms with E-state index in [4.69, 9.17) is 15.2 Å². The number of nitrogens with zero attached hydrogens (tertiary/aromatic N) is 1. The standard InChI is InChI=1S/C29H26F4N2O5/c1-39-23-12-18(11-17-3-2-4-20(17)23)22(37)9-10-28(38,29(31,32)33)24-13-21-26(40-15-27(21,34)14-36)25(35-24)16-5-7-19(30)8-6-16/h2-3,5-8,11-13,36,38H,4,9-10,14-15,34H2,1H3. The highest BCUT2D eigenvalue weighted by atomic mass is 19.4. The number of fused-ring (bicyclic) bond motifs is 2. The monoisotopic (exact) mass is 558 g/mol. The number of carbonyl (C=O) groups excluding carboxylic acids is 1. The van der Waals surface area contributed by atoms with Gasteiger partial charge in [0.2, 0.25) is 5.60 Å². The van der Waals surface area contributed by atoms with Gasteiger partial charge in [0.25, 0.3) is 0 Å². The largest absolute Gasteiger partial charge is 0.496 e. The minimum absolute atomic E-state index is 0.00322. The summed E-state index contributed by atoms with van der Waals surface area (Å²) in [5, 5.41) is 21.1. The summed E-state index contributed by atoms with van der Waals surface area (Å²) in [6.07, 6.45) is -2.67. The van der Waals surface area contributed by atoms with E-state index in [1.807, 2.05) is 6.08 Å². The molecule has 7 nitrogen and oxygen atoms in total. The zero-order valence-corrected chi connectivity index (χ0v) is 21.4. The molecule has 11 heteroatoms. The molecule has 4 N–H and O–H groups in total. The molecule has 2 aliphatic rings. The van der Waals surface area contributed by atoms with Crippen LogP contribution in [0.2, 0.25) is 0 Å². The molecule has 0 spiro atoms. The minimum atomic E-state index is -5.25. The summed E-state index contributed by atoms with van der Waals surface area (Å²) in [6.45, 7) is -0.917. The number of halogens is 4. The maximum absolute atomic E-state index is 14.6. The van der Waals surface area contributed by atoms with Crippen molar-refractivity contribution in [1.29, 1.82) is 0 Å². The number of pyridine rings is 1. The molecule has 0 saturated heterocycles. The van der Waals surface area contributed by atoms with Gasteiger partial charge in [-0.15, -0.1) is 0 Å². The molecule has 40 heavy (non-hydrogen) atoms. The van der Waals surface area contributed by atoms with Crippen LogP contribution in [0.5, 0.6) is 11.5 Å². The zero-order valence-electron chi connectivity index (χ0n) is 21.4. The van der Waals surface area contributed by atoms with Crippen LogP contribution < -0.4 is 15.2 Å². The molecule has 3 aromatic rings. The SMILES string of the molecule is COc1cc(C(=O)CCC(O)(c2cc3c(c(-c4ccc(F)cc4)n2)OCC3(N)CO)C(F)(F)F)cc2c1CC=C2. The number of alkyl halides is 3. The van der Waals surface area contributed by atoms with Gasteiger partial charge in [-0.3, -0.25) is 4.79 Å². The van der Waals surface area contributed by atoms with Crippen LogP contribution >= 0.6 is 0 Å². The number of Topliss-reactive ketones (excluding diaryl/α,β-unsaturated/α-hetero) is 1. The first-order valence-electron chi connectivity index (χ1n) is 12.4. The molecule has 210 valence electrons. The quantitative estimate of drug-likeness (QED) is 0.277. The molecular formula is C29H26F4N2O5. The van der Waals surface area contributed by atoms with Crippen molar-refractivity contribution in [3.05, 3.63) is 82.3 Å². The van der Waals surface area contributed by atoms with Gasteiger partial charge in [-0.1, -0.05) is 12.2 Å². The molecule has 0 amide bonds. The summed E-state index contributed by atoms with van der Waals surface area (Å²) in [6, 6.07) is 8.80. The number of rotatable bonds is 8. The molecule has 0 fully saturated rings. The highest BCUT2D eigenvalue weighted by molar-refractivity contribution is 5.97. The molecule has 2 atom stereocenters. The van der Waals surface area contributed by atoms with Gasteiger partial charge in [0.15, 0.2) is 11.5 Å². The fourth-order valence-electron chi connectivity index (χ4n) is 5.01. The molecule has 0 bridgehead atoms. The minimum Gasteiger partial charge on any atom is -0.496 e. The molecule has 1 aliphatic heterocycles. The number of aliphatic hydroxyl groups is 2. The van der Waals surface area contributed by atoms with Crippen molar-refractivity contribution in [1.82, 2.24) is 4.98 Å². The number of nitrogens with two attached hydrogens (primary N) is 1. The summed E-state index contributed by atoms with van der Waals surface area (Å²) in [7, 11) is 1.44. The number of ketones is 1. The Bertz CT molecular complexity index is 1510. The van der Waals surface area contributed by atoms with E-state index in [1.54, 1.807) is 12.1 Å². The van der Waals surface area contributed by atoms with E-state index < -0.39 is 54.1 Å². The summed E-state index contributed by atoms with van der Waals surface area (Å²) in [4.78, 5) is 17.2. The normalized spacial score (nSPS) is 19.1. The Morgan fingerprint density at radius 1 is 1.20 bits per heavy atom. The van der Waals surface area contributed by atoms with Gasteiger partial charge >= 0.3 is 6.18 Å². The number of benzene rings is 2. The Morgan fingerprint density at radius 3 is 2.58 bits per heavy atom. The molecule has 2 unspecified atom stereocenters. The van der Waals surface area contributed by atoms with Crippen molar-refractivity contribution < 1.29 is 42.0 Å². The zero-order chi connectivity index (χ0) is 28.9. The molecule has 2 aromatic carbocycles. The second-order valence-corrected chi connectivity index (χ2v) is 9.98. The number of carbonyl (C=O) groups is 1. The van der Waals surface area contributed by atoms with Gasteiger partial charge in [0.05, 0.1) is 19.4 Å². The number of aromatic nitrogens is 1. The number of ether oxygens (including phenoxy) is 2. The number of allylic oxidation sites excluding steroid dienone is 1. The van der Waals surface area contributed by atoms with Gasteiger partial charge in [0.1, 0.15) is 29.4 Å². The maximum atomic E-state index is 14.6. The highest BCUT2D eigenvalue weighted by Crippen LogP contribution is 2.48. The summed E-state index contributed by atoms with van der Waals surface area (Å²) >= 11 is 0. The highest BCUT2D eigenvalue weighted by Gasteiger charge is 2.57. The van der Waals surface area contributed by atoms with E-state index in [2.05, 4.69) is 4.98 Å². The number of hydrogen-bond acceptors (Lipinski definition) is 7. The van der Waals surface area contributed by atoms with Crippen LogP contribution in [-0.4, -0.2) is 47.5 Å². The van der Waals surface area contributed by atoms with Crippen molar-refractivity contribution in [2.45, 2.75) is 36.6 Å². The average molecular weight is 559 g/mol. The summed E-state index contributed by atoms with van der Waals surface area (Å²) < 4.78 is 68.2. The van der Waals surface area contributed by atoms with E-state index in [0.717, 1.165) is 29.3 Å². The van der Waals surface area contributed by atoms with Crippen molar-refractivity contribution in [2.75, 3.05) is 20.3 Å². The Morgan fingerprint density at radius 2 is 1.93 bits per heavy atom. The van der Waals surface area contributed by atoms with Crippen molar-refractivity contribution in [2.24, 2.45) is 5.73 Å². The predicted octanol–water partition coefficient (Wildman–Crippen LogP) is 4.42. The third-order valence-corrected chi connectivity index (χ3v) is 7.39. The molecule has 0 radical (unpaired) electrons. The van der Waals surface area contributed by atoms with Crippen molar-refractivity contribution >= 4 is 11.9 Å². The van der Waals surface area contributed by atoms with Crippen molar-refractivity contribution in [3.8, 4) is 22.8 Å². The lowest BCUT2D eigenvalue weighted by atomic mass is 9.85. The smallest absolute Gasteiger partial charge is 0.422 e. The lowest BCUT2D eigenvalue weighted by Gasteiger charge is -2.31. The molecule has 5 rings (SSSR count). The van der Waals surface area contributed by atoms with E-state index >= 15 is 0 Å². The van der Waals surface area contributed by atoms with Crippen LogP contribution in [0.15, 0.2) is 48.5 Å². The molecule has 0 saturated carbocycles. The number of aliphatic hydroxyl groups excluding tert-OH is 1. The maximum Gasteiger partial charge on any atom is 0.422 e. The van der Waals surface area contributed by atoms with E-state index in [-0.39, 0.29) is 34.7 Å².